The molecule has 0 saturated heterocycles. The molecule has 1 heterocycles. The number of carboxylic acids is 2. The van der Waals surface area contributed by atoms with Gasteiger partial charge in [-0.1, -0.05) is 0 Å². The Morgan fingerprint density at radius 2 is 1.55 bits per heavy atom. The zero-order valence-electron chi connectivity index (χ0n) is 15.9. The quantitative estimate of drug-likeness (QED) is 0.282. The van der Waals surface area contributed by atoms with Gasteiger partial charge in [-0.05, 0) is 43.3 Å². The van der Waals surface area contributed by atoms with E-state index in [1.165, 1.54) is 12.1 Å². The van der Waals surface area contributed by atoms with Crippen molar-refractivity contribution in [2.45, 2.75) is 13.0 Å². The van der Waals surface area contributed by atoms with Gasteiger partial charge in [0, 0.05) is 5.69 Å². The number of benzene rings is 2. The molecular formula is C19H15N5O7. The number of carbonyl (C=O) groups is 4. The van der Waals surface area contributed by atoms with Crippen LogP contribution < -0.4 is 11.0 Å². The number of H-pyrrole nitrogens is 2. The average Bonchev–Trinajstić information content (AvgIpc) is 3.06. The normalized spacial score (nSPS) is 12.0. The first-order valence-electron chi connectivity index (χ1n) is 8.70. The molecule has 158 valence electrons. The van der Waals surface area contributed by atoms with E-state index in [1.54, 1.807) is 6.07 Å². The minimum Gasteiger partial charge on any atom is -0.478 e. The van der Waals surface area contributed by atoms with Gasteiger partial charge in [-0.15, -0.1) is 0 Å². The van der Waals surface area contributed by atoms with E-state index in [-0.39, 0.29) is 22.5 Å². The number of carboxylic acid groups (broad SMARTS) is 2. The molecule has 0 saturated carbocycles. The molecule has 12 nitrogen and oxygen atoms in total. The SMILES string of the molecule is CC(=O)C(/N=N/c1cc(C(=O)O)cc(C(=O)O)c1)C(=O)Nc1ccc2[nH]c(=O)[nH]c2c1. The van der Waals surface area contributed by atoms with Gasteiger partial charge in [-0.3, -0.25) is 9.59 Å². The van der Waals surface area contributed by atoms with E-state index in [1.807, 2.05) is 0 Å². The Balaban J connectivity index is 1.86. The van der Waals surface area contributed by atoms with Crippen molar-refractivity contribution in [3.8, 4) is 0 Å². The van der Waals surface area contributed by atoms with Crippen LogP contribution in [0.25, 0.3) is 11.0 Å². The summed E-state index contributed by atoms with van der Waals surface area (Å²) in [5.74, 6) is -4.22. The summed E-state index contributed by atoms with van der Waals surface area (Å²) in [7, 11) is 0. The summed E-state index contributed by atoms with van der Waals surface area (Å²) < 4.78 is 0. The number of aromatic nitrogens is 2. The smallest absolute Gasteiger partial charge is 0.335 e. The van der Waals surface area contributed by atoms with Crippen molar-refractivity contribution in [1.82, 2.24) is 9.97 Å². The Morgan fingerprint density at radius 1 is 0.935 bits per heavy atom. The number of aromatic amines is 2. The van der Waals surface area contributed by atoms with Crippen molar-refractivity contribution in [3.05, 3.63) is 58.0 Å². The molecule has 0 radical (unpaired) electrons. The van der Waals surface area contributed by atoms with E-state index in [0.29, 0.717) is 11.0 Å². The molecule has 0 bridgehead atoms. The van der Waals surface area contributed by atoms with Gasteiger partial charge in [0.1, 0.15) is 0 Å². The van der Waals surface area contributed by atoms with Gasteiger partial charge in [0.05, 0.1) is 27.8 Å². The lowest BCUT2D eigenvalue weighted by Crippen LogP contribution is -2.31. The van der Waals surface area contributed by atoms with Crippen molar-refractivity contribution in [2.24, 2.45) is 10.2 Å². The third-order valence-corrected chi connectivity index (χ3v) is 4.12. The Bertz CT molecular complexity index is 1270. The lowest BCUT2D eigenvalue weighted by Gasteiger charge is -2.09. The molecule has 5 N–H and O–H groups in total. The van der Waals surface area contributed by atoms with E-state index in [4.69, 9.17) is 10.2 Å². The van der Waals surface area contributed by atoms with Gasteiger partial charge in [0.25, 0.3) is 5.91 Å². The number of imidazole rings is 1. The predicted octanol–water partition coefficient (Wildman–Crippen LogP) is 1.93. The van der Waals surface area contributed by atoms with E-state index in [9.17, 15) is 24.0 Å². The predicted molar refractivity (Wildman–Crippen MR) is 107 cm³/mol. The molecule has 0 aliphatic heterocycles. The number of fused-ring (bicyclic) bond motifs is 1. The van der Waals surface area contributed by atoms with E-state index < -0.39 is 35.4 Å². The zero-order chi connectivity index (χ0) is 22.7. The Kier molecular flexibility index (Phi) is 5.72. The van der Waals surface area contributed by atoms with Crippen LogP contribution in [0.2, 0.25) is 0 Å². The highest BCUT2D eigenvalue weighted by Crippen LogP contribution is 2.20. The third-order valence-electron chi connectivity index (χ3n) is 4.12. The number of azo groups is 1. The van der Waals surface area contributed by atoms with Crippen molar-refractivity contribution in [2.75, 3.05) is 5.32 Å². The van der Waals surface area contributed by atoms with Gasteiger partial charge in [-0.2, -0.15) is 10.2 Å². The highest BCUT2D eigenvalue weighted by molar-refractivity contribution is 6.10. The summed E-state index contributed by atoms with van der Waals surface area (Å²) in [6.45, 7) is 1.12. The second-order valence-electron chi connectivity index (χ2n) is 6.44. The van der Waals surface area contributed by atoms with Crippen LogP contribution >= 0.6 is 0 Å². The maximum atomic E-state index is 12.5. The largest absolute Gasteiger partial charge is 0.478 e. The molecule has 3 rings (SSSR count). The minimum absolute atomic E-state index is 0.150. The fraction of sp³-hybridized carbons (Fsp3) is 0.105. The molecule has 1 aromatic heterocycles. The number of nitrogens with one attached hydrogen (secondary N) is 3. The van der Waals surface area contributed by atoms with Crippen molar-refractivity contribution >= 4 is 46.0 Å². The second kappa shape index (κ2) is 8.41. The van der Waals surface area contributed by atoms with Gasteiger partial charge in [0.15, 0.2) is 5.78 Å². The van der Waals surface area contributed by atoms with Crippen LogP contribution in [-0.4, -0.2) is 49.9 Å². The van der Waals surface area contributed by atoms with Crippen LogP contribution in [0, 0.1) is 0 Å². The van der Waals surface area contributed by atoms with Gasteiger partial charge in [0.2, 0.25) is 6.04 Å². The molecule has 1 unspecified atom stereocenters. The Labute approximate surface area is 172 Å². The average molecular weight is 425 g/mol. The van der Waals surface area contributed by atoms with Crippen molar-refractivity contribution < 1.29 is 29.4 Å². The van der Waals surface area contributed by atoms with Gasteiger partial charge < -0.3 is 25.5 Å². The number of Topliss-reactive ketones (excluding diaryl/α,β-unsaturated/α-hetero) is 1. The van der Waals surface area contributed by atoms with Crippen LogP contribution in [0.5, 0.6) is 0 Å². The number of hydrogen-bond acceptors (Lipinski definition) is 7. The first-order valence-corrected chi connectivity index (χ1v) is 8.70. The monoisotopic (exact) mass is 425 g/mol. The molecular weight excluding hydrogens is 410 g/mol. The number of nitrogens with zero attached hydrogens (tertiary/aromatic N) is 2. The maximum Gasteiger partial charge on any atom is 0.335 e. The van der Waals surface area contributed by atoms with Crippen LogP contribution in [0.4, 0.5) is 11.4 Å². The van der Waals surface area contributed by atoms with E-state index in [2.05, 4.69) is 25.5 Å². The summed E-state index contributed by atoms with van der Waals surface area (Å²) in [5.41, 5.74) is 0.00269. The standard InChI is InChI=1S/C19H15N5O7/c1-8(25)15(16(26)20-11-2-3-13-14(7-11)22-19(31)21-13)24-23-12-5-9(17(27)28)4-10(6-12)18(29)30/h2-7,15H,1H3,(H,20,26)(H,27,28)(H,29,30)(H2,21,22,31)/b24-23+. The van der Waals surface area contributed by atoms with E-state index >= 15 is 0 Å². The highest BCUT2D eigenvalue weighted by Gasteiger charge is 2.23. The molecule has 1 amide bonds. The Hall–Kier alpha value is -4.61. The summed E-state index contributed by atoms with van der Waals surface area (Å²) in [4.78, 5) is 63.2. The fourth-order valence-electron chi connectivity index (χ4n) is 2.68. The number of anilines is 1. The molecule has 3 aromatic rings. The van der Waals surface area contributed by atoms with Crippen LogP contribution in [0.1, 0.15) is 27.6 Å². The number of rotatable bonds is 7. The molecule has 2 aromatic carbocycles. The van der Waals surface area contributed by atoms with E-state index in [0.717, 1.165) is 25.1 Å². The zero-order valence-corrected chi connectivity index (χ0v) is 15.9. The Morgan fingerprint density at radius 3 is 2.13 bits per heavy atom. The lowest BCUT2D eigenvalue weighted by molar-refractivity contribution is -0.126. The van der Waals surface area contributed by atoms with Crippen LogP contribution in [-0.2, 0) is 9.59 Å². The van der Waals surface area contributed by atoms with Crippen molar-refractivity contribution in [1.29, 1.82) is 0 Å². The number of carbonyl (C=O) groups excluding carboxylic acids is 2. The summed E-state index contributed by atoms with van der Waals surface area (Å²) in [6.07, 6.45) is 0. The molecule has 1 atom stereocenters. The minimum atomic E-state index is -1.57. The number of hydrogen-bond donors (Lipinski definition) is 5. The highest BCUT2D eigenvalue weighted by atomic mass is 16.4. The molecule has 0 fully saturated rings. The number of amides is 1. The first-order chi connectivity index (χ1) is 14.6. The number of ketones is 1. The van der Waals surface area contributed by atoms with Gasteiger partial charge >= 0.3 is 17.6 Å². The molecule has 0 aliphatic carbocycles. The molecule has 12 heteroatoms. The maximum absolute atomic E-state index is 12.5. The molecule has 31 heavy (non-hydrogen) atoms. The first kappa shape index (κ1) is 21.1. The summed E-state index contributed by atoms with van der Waals surface area (Å²) in [5, 5.41) is 28.1. The lowest BCUT2D eigenvalue weighted by atomic mass is 10.1. The fourth-order valence-corrected chi connectivity index (χ4v) is 2.68. The molecule has 0 aliphatic rings. The number of aromatic carboxylic acids is 2. The summed E-state index contributed by atoms with van der Waals surface area (Å²) in [6, 6.07) is 6.04. The second-order valence-corrected chi connectivity index (χ2v) is 6.44. The van der Waals surface area contributed by atoms with Crippen LogP contribution in [0.3, 0.4) is 0 Å². The topological polar surface area (TPSA) is 194 Å². The van der Waals surface area contributed by atoms with Gasteiger partial charge in [-0.25, -0.2) is 14.4 Å². The van der Waals surface area contributed by atoms with Crippen molar-refractivity contribution in [3.63, 3.8) is 0 Å². The van der Waals surface area contributed by atoms with Crippen LogP contribution in [0.15, 0.2) is 51.4 Å². The third kappa shape index (κ3) is 4.87. The molecule has 0 spiro atoms. The summed E-state index contributed by atoms with van der Waals surface area (Å²) >= 11 is 0.